The number of nitrogens with zero attached hydrogens (tertiary/aromatic N) is 7. The highest BCUT2D eigenvalue weighted by atomic mass is 35.5. The summed E-state index contributed by atoms with van der Waals surface area (Å²) >= 11 is 7.55. The second kappa shape index (κ2) is 18.2. The van der Waals surface area contributed by atoms with Crippen LogP contribution in [0.25, 0.3) is 0 Å². The Labute approximate surface area is 360 Å². The number of carbonyl (C=O) groups is 4. The molecule has 4 aromatic rings. The molecule has 0 bridgehead atoms. The Morgan fingerprint density at radius 1 is 0.933 bits per heavy atom. The van der Waals surface area contributed by atoms with Crippen LogP contribution in [0.15, 0.2) is 54.7 Å². The van der Waals surface area contributed by atoms with Crippen molar-refractivity contribution in [1.82, 2.24) is 30.1 Å². The number of para-hydroxylation sites is 1. The van der Waals surface area contributed by atoms with Crippen LogP contribution in [0.5, 0.6) is 0 Å². The van der Waals surface area contributed by atoms with E-state index in [9.17, 15) is 19.2 Å². The molecule has 1 spiro atoms. The van der Waals surface area contributed by atoms with E-state index in [0.29, 0.717) is 51.6 Å². The fourth-order valence-corrected chi connectivity index (χ4v) is 9.97. The van der Waals surface area contributed by atoms with Crippen molar-refractivity contribution in [2.45, 2.75) is 71.1 Å². The number of benzene rings is 2. The van der Waals surface area contributed by atoms with Crippen molar-refractivity contribution in [3.05, 3.63) is 81.6 Å². The number of carbonyl (C=O) groups excluding carboxylic acids is 4. The van der Waals surface area contributed by atoms with E-state index in [1.807, 2.05) is 44.2 Å². The van der Waals surface area contributed by atoms with Crippen LogP contribution in [-0.2, 0) is 14.4 Å². The van der Waals surface area contributed by atoms with Crippen LogP contribution in [0.1, 0.15) is 83.9 Å². The molecule has 2 aromatic carbocycles. The van der Waals surface area contributed by atoms with E-state index < -0.39 is 0 Å². The number of imide groups is 1. The lowest BCUT2D eigenvalue weighted by molar-refractivity contribution is -0.134. The molecule has 6 heterocycles. The highest BCUT2D eigenvalue weighted by Gasteiger charge is 2.42. The smallest absolute Gasteiger partial charge is 0.267 e. The molecular weight excluding hydrogens is 800 g/mol. The van der Waals surface area contributed by atoms with Gasteiger partial charge in [0, 0.05) is 77.0 Å². The van der Waals surface area contributed by atoms with Crippen molar-refractivity contribution >= 4 is 74.7 Å². The number of unbranched alkanes of at least 4 members (excludes halogenated alkanes) is 1. The van der Waals surface area contributed by atoms with E-state index in [4.69, 9.17) is 16.6 Å². The molecule has 0 radical (unpaired) electrons. The summed E-state index contributed by atoms with van der Waals surface area (Å²) in [5.74, 6) is 1.49. The Morgan fingerprint density at radius 2 is 1.70 bits per heavy atom. The van der Waals surface area contributed by atoms with Gasteiger partial charge >= 0.3 is 0 Å². The fourth-order valence-electron chi connectivity index (χ4n) is 8.98. The molecule has 60 heavy (non-hydrogen) atoms. The summed E-state index contributed by atoms with van der Waals surface area (Å²) in [6.07, 6.45) is 8.20. The molecule has 8 rings (SSSR count). The van der Waals surface area contributed by atoms with E-state index in [-0.39, 0.29) is 35.0 Å². The third-order valence-electron chi connectivity index (χ3n) is 12.6. The second-order valence-electron chi connectivity index (χ2n) is 16.6. The maximum absolute atomic E-state index is 13.3. The van der Waals surface area contributed by atoms with Crippen LogP contribution in [0.2, 0.25) is 5.02 Å². The highest BCUT2D eigenvalue weighted by Crippen LogP contribution is 2.42. The van der Waals surface area contributed by atoms with Crippen LogP contribution in [0.3, 0.4) is 0 Å². The molecule has 4 amide bonds. The van der Waals surface area contributed by atoms with Gasteiger partial charge in [-0.15, -0.1) is 0 Å². The van der Waals surface area contributed by atoms with E-state index in [2.05, 4.69) is 57.7 Å². The normalized spacial score (nSPS) is 19.4. The van der Waals surface area contributed by atoms with Gasteiger partial charge in [-0.05, 0) is 93.7 Å². The monoisotopic (exact) mass is 852 g/mol. The summed E-state index contributed by atoms with van der Waals surface area (Å²) in [5, 5.41) is 9.66. The minimum absolute atomic E-state index is 0.189. The van der Waals surface area contributed by atoms with E-state index in [1.165, 1.54) is 11.3 Å². The number of rotatable bonds is 12. The predicted molar refractivity (Wildman–Crippen MR) is 235 cm³/mol. The van der Waals surface area contributed by atoms with Gasteiger partial charge in [-0.25, -0.2) is 15.0 Å². The molecule has 14 nitrogen and oxygen atoms in total. The van der Waals surface area contributed by atoms with E-state index in [1.54, 1.807) is 12.3 Å². The van der Waals surface area contributed by atoms with Crippen LogP contribution in [-0.4, -0.2) is 107 Å². The Morgan fingerprint density at radius 3 is 2.45 bits per heavy atom. The third kappa shape index (κ3) is 9.74. The molecule has 4 aliphatic heterocycles. The number of likely N-dealkylation sites (tertiary alicyclic amines) is 1. The number of thiazole rings is 1. The number of hydrogen-bond donors (Lipinski definition) is 3. The first-order chi connectivity index (χ1) is 29.0. The number of aromatic nitrogens is 3. The van der Waals surface area contributed by atoms with Gasteiger partial charge in [-0.2, -0.15) is 0 Å². The summed E-state index contributed by atoms with van der Waals surface area (Å²) in [7, 11) is 0. The van der Waals surface area contributed by atoms with Gasteiger partial charge in [0.2, 0.25) is 17.7 Å². The molecule has 2 aromatic heterocycles. The van der Waals surface area contributed by atoms with Crippen molar-refractivity contribution < 1.29 is 19.2 Å². The average Bonchev–Trinajstić information content (AvgIpc) is 3.89. The Kier molecular flexibility index (Phi) is 12.7. The van der Waals surface area contributed by atoms with Gasteiger partial charge in [0.1, 0.15) is 22.3 Å². The number of nitrogens with one attached hydrogen (secondary N) is 3. The summed E-state index contributed by atoms with van der Waals surface area (Å²) in [5.41, 5.74) is 3.80. The SMILES string of the molecule is Cc1nc(Nc2ncc(C(=O)Nc3c(C)cccc3Cl)s2)cc(N2CCN(CCCCC(=O)N3CCC4(CCN(c5ccc(C6CCC(=O)NC6=O)cc5)CC4)C3)CC2)n1. The first kappa shape index (κ1) is 41.6. The average molecular weight is 853 g/mol. The molecule has 1 atom stereocenters. The fraction of sp³-hybridized carbons (Fsp3) is 0.477. The number of anilines is 5. The number of amides is 4. The van der Waals surface area contributed by atoms with Crippen molar-refractivity contribution in [1.29, 1.82) is 0 Å². The maximum Gasteiger partial charge on any atom is 0.267 e. The largest absolute Gasteiger partial charge is 0.371 e. The molecule has 0 aliphatic carbocycles. The van der Waals surface area contributed by atoms with Crippen molar-refractivity contribution in [2.75, 3.05) is 79.3 Å². The third-order valence-corrected chi connectivity index (χ3v) is 13.8. The lowest BCUT2D eigenvalue weighted by Gasteiger charge is -2.40. The quantitative estimate of drug-likeness (QED) is 0.105. The minimum Gasteiger partial charge on any atom is -0.371 e. The van der Waals surface area contributed by atoms with Gasteiger partial charge in [-0.3, -0.25) is 29.4 Å². The van der Waals surface area contributed by atoms with Gasteiger partial charge in [0.15, 0.2) is 5.13 Å². The molecule has 3 N–H and O–H groups in total. The predicted octanol–water partition coefficient (Wildman–Crippen LogP) is 6.53. The van der Waals surface area contributed by atoms with Crippen LogP contribution < -0.4 is 25.8 Å². The standard InChI is InChI=1S/C44H53ClN10O4S/c1-29-6-5-7-34(45)40(29)51-42(59)35-27-46-43(60-35)49-36-26-37(48-30(2)47-36)54-24-22-52(23-25-54)18-4-3-8-39(57)55-21-17-44(28-55)15-19-53(20-16-44)32-11-9-31(10-12-32)33-13-14-38(56)50-41(33)58/h5-7,9-12,26-27,33H,3-4,8,13-25,28H2,1-2H3,(H,51,59)(H,50,56,58)(H,46,47,48,49). The first-order valence-corrected chi connectivity index (χ1v) is 22.3. The molecule has 4 saturated heterocycles. The van der Waals surface area contributed by atoms with Crippen LogP contribution in [0.4, 0.5) is 28.1 Å². The molecule has 1 unspecified atom stereocenters. The van der Waals surface area contributed by atoms with Crippen molar-refractivity contribution in [3.8, 4) is 0 Å². The number of hydrogen-bond acceptors (Lipinski definition) is 12. The van der Waals surface area contributed by atoms with Crippen LogP contribution >= 0.6 is 22.9 Å². The molecular formula is C44H53ClN10O4S. The zero-order chi connectivity index (χ0) is 41.8. The summed E-state index contributed by atoms with van der Waals surface area (Å²) in [6, 6.07) is 15.7. The summed E-state index contributed by atoms with van der Waals surface area (Å²) < 4.78 is 0. The van der Waals surface area contributed by atoms with Crippen molar-refractivity contribution in [2.24, 2.45) is 5.41 Å². The summed E-state index contributed by atoms with van der Waals surface area (Å²) in [6.45, 7) is 11.9. The van der Waals surface area contributed by atoms with E-state index >= 15 is 0 Å². The minimum atomic E-state index is -0.274. The zero-order valence-corrected chi connectivity index (χ0v) is 35.9. The lowest BCUT2D eigenvalue weighted by atomic mass is 9.77. The molecule has 4 aliphatic rings. The number of piperazine rings is 1. The van der Waals surface area contributed by atoms with Gasteiger partial charge in [-0.1, -0.05) is 47.2 Å². The van der Waals surface area contributed by atoms with Gasteiger partial charge in [0.05, 0.1) is 22.8 Å². The Bertz CT molecular complexity index is 2200. The second-order valence-corrected chi connectivity index (χ2v) is 18.1. The van der Waals surface area contributed by atoms with Crippen LogP contribution in [0, 0.1) is 19.3 Å². The highest BCUT2D eigenvalue weighted by molar-refractivity contribution is 7.17. The lowest BCUT2D eigenvalue weighted by Crippen LogP contribution is -2.47. The van der Waals surface area contributed by atoms with Crippen molar-refractivity contribution in [3.63, 3.8) is 0 Å². The molecule has 316 valence electrons. The maximum atomic E-state index is 13.3. The number of aryl methyl sites for hydroxylation is 2. The van der Waals surface area contributed by atoms with Gasteiger partial charge < -0.3 is 25.3 Å². The molecule has 4 fully saturated rings. The number of piperidine rings is 2. The van der Waals surface area contributed by atoms with Gasteiger partial charge in [0.25, 0.3) is 5.91 Å². The first-order valence-electron chi connectivity index (χ1n) is 21.1. The molecule has 16 heteroatoms. The summed E-state index contributed by atoms with van der Waals surface area (Å²) in [4.78, 5) is 73.6. The Hall–Kier alpha value is -5.12. The topological polar surface area (TPSA) is 156 Å². The zero-order valence-electron chi connectivity index (χ0n) is 34.3. The Balaban J connectivity index is 0.734. The number of halogens is 1. The van der Waals surface area contributed by atoms with E-state index in [0.717, 1.165) is 114 Å². The molecule has 0 saturated carbocycles.